The fourth-order valence-electron chi connectivity index (χ4n) is 10.3. The Balaban J connectivity index is 3.98. The molecule has 9 heteroatoms. The molecule has 0 rings (SSSR count). The summed E-state index contributed by atoms with van der Waals surface area (Å²) in [5.74, 6) is -0.156. The monoisotopic (exact) mass is 1040 g/mol. The van der Waals surface area contributed by atoms with Gasteiger partial charge >= 0.3 is 0 Å². The number of phosphoric ester groups is 1. The van der Waals surface area contributed by atoms with Crippen LogP contribution in [0.1, 0.15) is 348 Å². The van der Waals surface area contributed by atoms with E-state index in [9.17, 15) is 19.4 Å². The molecule has 0 aliphatic carbocycles. The van der Waals surface area contributed by atoms with Crippen LogP contribution >= 0.6 is 7.82 Å². The van der Waals surface area contributed by atoms with E-state index in [-0.39, 0.29) is 19.1 Å². The van der Waals surface area contributed by atoms with Gasteiger partial charge in [0.25, 0.3) is 7.82 Å². The first-order chi connectivity index (χ1) is 35.0. The largest absolute Gasteiger partial charge is 0.756 e. The molecule has 0 aliphatic heterocycles. The van der Waals surface area contributed by atoms with Crippen LogP contribution in [0.4, 0.5) is 0 Å². The number of carbonyl (C=O) groups excluding carboxylic acids is 1. The van der Waals surface area contributed by atoms with Gasteiger partial charge < -0.3 is 28.8 Å². The van der Waals surface area contributed by atoms with Crippen molar-refractivity contribution in [3.05, 3.63) is 0 Å². The number of likely N-dealkylation sites (N-methyl/N-ethyl adjacent to an activating group) is 1. The zero-order valence-corrected chi connectivity index (χ0v) is 50.3. The van der Waals surface area contributed by atoms with Gasteiger partial charge in [0.2, 0.25) is 5.91 Å². The summed E-state index contributed by atoms with van der Waals surface area (Å²) in [6.07, 6.45) is 67.4. The van der Waals surface area contributed by atoms with Crippen LogP contribution in [-0.2, 0) is 18.4 Å². The Kier molecular flexibility index (Phi) is 54.9. The van der Waals surface area contributed by atoms with Crippen molar-refractivity contribution in [3.8, 4) is 0 Å². The van der Waals surface area contributed by atoms with Gasteiger partial charge in [-0.15, -0.1) is 0 Å². The van der Waals surface area contributed by atoms with E-state index in [1.165, 1.54) is 283 Å². The standard InChI is InChI=1S/C63H129N2O6P/c1-6-8-10-12-14-16-18-20-22-24-26-27-28-29-30-31-32-33-34-35-36-37-38-39-40-42-44-46-48-50-52-54-56-62(66)61(60-71-72(68,69)70-59-58-65(3,4)5)64-63(67)57-55-53-51-49-47-45-43-41-25-23-21-19-17-15-13-11-9-7-2/h61-62,66H,6-60H2,1-5H3,(H-,64,67,68,69). The lowest BCUT2D eigenvalue weighted by atomic mass is 10.0. The molecule has 3 atom stereocenters. The summed E-state index contributed by atoms with van der Waals surface area (Å²) in [4.78, 5) is 25.6. The summed E-state index contributed by atoms with van der Waals surface area (Å²) in [6.45, 7) is 4.79. The Morgan fingerprint density at radius 2 is 0.681 bits per heavy atom. The molecule has 0 bridgehead atoms. The highest BCUT2D eigenvalue weighted by atomic mass is 31.2. The highest BCUT2D eigenvalue weighted by molar-refractivity contribution is 7.45. The lowest BCUT2D eigenvalue weighted by Gasteiger charge is -2.30. The van der Waals surface area contributed by atoms with E-state index < -0.39 is 20.0 Å². The fraction of sp³-hybridized carbons (Fsp3) is 0.984. The number of rotatable bonds is 61. The van der Waals surface area contributed by atoms with Gasteiger partial charge in [0.15, 0.2) is 0 Å². The van der Waals surface area contributed by atoms with Crippen LogP contribution < -0.4 is 10.2 Å². The van der Waals surface area contributed by atoms with Crippen molar-refractivity contribution < 1.29 is 32.9 Å². The van der Waals surface area contributed by atoms with E-state index >= 15 is 0 Å². The molecule has 2 N–H and O–H groups in total. The third-order valence-corrected chi connectivity index (χ3v) is 16.3. The number of aliphatic hydroxyl groups is 1. The van der Waals surface area contributed by atoms with E-state index in [0.717, 1.165) is 38.5 Å². The number of nitrogens with one attached hydrogen (secondary N) is 1. The number of carbonyl (C=O) groups is 1. The van der Waals surface area contributed by atoms with Gasteiger partial charge in [0.05, 0.1) is 39.9 Å². The molecule has 0 heterocycles. The van der Waals surface area contributed by atoms with Crippen molar-refractivity contribution >= 4 is 13.7 Å². The lowest BCUT2D eigenvalue weighted by molar-refractivity contribution is -0.870. The molecule has 432 valence electrons. The molecule has 0 radical (unpaired) electrons. The Morgan fingerprint density at radius 1 is 0.431 bits per heavy atom. The SMILES string of the molecule is CCCCCCCCCCCCCCCCCCCCCCCCCCCCCCCCCCC(O)C(COP(=O)([O-])OCC[N+](C)(C)C)NC(=O)CCCCCCCCCCCCCCCCCCCC. The molecular formula is C63H129N2O6P. The number of quaternary nitrogens is 1. The Morgan fingerprint density at radius 3 is 0.944 bits per heavy atom. The second-order valence-corrected chi connectivity index (χ2v) is 25.3. The maximum Gasteiger partial charge on any atom is 0.268 e. The van der Waals surface area contributed by atoms with Crippen LogP contribution in [0.3, 0.4) is 0 Å². The maximum absolute atomic E-state index is 13.0. The molecule has 0 saturated carbocycles. The summed E-state index contributed by atoms with van der Waals surface area (Å²) in [5.41, 5.74) is 0. The van der Waals surface area contributed by atoms with Crippen molar-refractivity contribution in [1.82, 2.24) is 5.32 Å². The van der Waals surface area contributed by atoms with Gasteiger partial charge in [-0.25, -0.2) is 0 Å². The Labute approximate surface area is 450 Å². The lowest BCUT2D eigenvalue weighted by Crippen LogP contribution is -2.46. The quantitative estimate of drug-likeness (QED) is 0.0357. The average Bonchev–Trinajstić information content (AvgIpc) is 3.34. The summed E-state index contributed by atoms with van der Waals surface area (Å²) in [5, 5.41) is 14.1. The number of phosphoric acid groups is 1. The summed E-state index contributed by atoms with van der Waals surface area (Å²) in [7, 11) is 1.33. The van der Waals surface area contributed by atoms with Crippen LogP contribution in [0.2, 0.25) is 0 Å². The minimum atomic E-state index is -4.57. The van der Waals surface area contributed by atoms with Gasteiger partial charge in [0, 0.05) is 6.42 Å². The van der Waals surface area contributed by atoms with Crippen molar-refractivity contribution in [2.45, 2.75) is 360 Å². The molecule has 0 aromatic carbocycles. The minimum absolute atomic E-state index is 0.0168. The molecule has 0 aromatic rings. The first-order valence-electron chi connectivity index (χ1n) is 32.4. The molecule has 0 aliphatic rings. The molecule has 0 spiro atoms. The van der Waals surface area contributed by atoms with Gasteiger partial charge in [-0.1, -0.05) is 328 Å². The predicted molar refractivity (Wildman–Crippen MR) is 312 cm³/mol. The smallest absolute Gasteiger partial charge is 0.268 e. The molecule has 3 unspecified atom stereocenters. The van der Waals surface area contributed by atoms with Gasteiger partial charge in [-0.2, -0.15) is 0 Å². The van der Waals surface area contributed by atoms with Crippen LogP contribution in [0.25, 0.3) is 0 Å². The highest BCUT2D eigenvalue weighted by Gasteiger charge is 2.24. The zero-order chi connectivity index (χ0) is 52.7. The average molecular weight is 1040 g/mol. The fourth-order valence-corrected chi connectivity index (χ4v) is 11.0. The Hall–Kier alpha value is -0.500. The van der Waals surface area contributed by atoms with Crippen molar-refractivity contribution in [1.29, 1.82) is 0 Å². The molecule has 8 nitrogen and oxygen atoms in total. The van der Waals surface area contributed by atoms with Crippen LogP contribution in [0.15, 0.2) is 0 Å². The molecular weight excluding hydrogens is 912 g/mol. The topological polar surface area (TPSA) is 108 Å². The third kappa shape index (κ3) is 57.2. The summed E-state index contributed by atoms with van der Waals surface area (Å²) in [6, 6.07) is -0.796. The summed E-state index contributed by atoms with van der Waals surface area (Å²) < 4.78 is 23.5. The van der Waals surface area contributed by atoms with E-state index in [0.29, 0.717) is 23.9 Å². The number of hydrogen-bond acceptors (Lipinski definition) is 6. The normalized spacial score (nSPS) is 13.7. The molecule has 72 heavy (non-hydrogen) atoms. The van der Waals surface area contributed by atoms with E-state index in [4.69, 9.17) is 9.05 Å². The number of nitrogens with zero attached hydrogens (tertiary/aromatic N) is 1. The van der Waals surface area contributed by atoms with Gasteiger partial charge in [-0.05, 0) is 12.8 Å². The second-order valence-electron chi connectivity index (χ2n) is 23.8. The molecule has 1 amide bonds. The number of amides is 1. The molecule has 0 saturated heterocycles. The summed E-state index contributed by atoms with van der Waals surface area (Å²) >= 11 is 0. The zero-order valence-electron chi connectivity index (χ0n) is 49.4. The van der Waals surface area contributed by atoms with Crippen molar-refractivity contribution in [3.63, 3.8) is 0 Å². The first-order valence-corrected chi connectivity index (χ1v) is 33.8. The molecule has 0 fully saturated rings. The minimum Gasteiger partial charge on any atom is -0.756 e. The first kappa shape index (κ1) is 71.5. The van der Waals surface area contributed by atoms with Gasteiger partial charge in [0.1, 0.15) is 13.2 Å². The van der Waals surface area contributed by atoms with Crippen molar-refractivity contribution in [2.24, 2.45) is 0 Å². The molecule has 0 aromatic heterocycles. The van der Waals surface area contributed by atoms with Crippen LogP contribution in [0, 0.1) is 0 Å². The van der Waals surface area contributed by atoms with Gasteiger partial charge in [-0.3, -0.25) is 9.36 Å². The van der Waals surface area contributed by atoms with Crippen LogP contribution in [0.5, 0.6) is 0 Å². The van der Waals surface area contributed by atoms with Crippen LogP contribution in [-0.4, -0.2) is 68.5 Å². The second kappa shape index (κ2) is 55.3. The highest BCUT2D eigenvalue weighted by Crippen LogP contribution is 2.38. The predicted octanol–water partition coefficient (Wildman–Crippen LogP) is 19.4. The number of aliphatic hydroxyl groups excluding tert-OH is 1. The maximum atomic E-state index is 13.0. The number of unbranched alkanes of at least 4 members (excludes halogenated alkanes) is 48. The van der Waals surface area contributed by atoms with E-state index in [1.807, 2.05) is 21.1 Å². The third-order valence-electron chi connectivity index (χ3n) is 15.3. The van der Waals surface area contributed by atoms with E-state index in [2.05, 4.69) is 19.2 Å². The number of hydrogen-bond donors (Lipinski definition) is 2. The van der Waals surface area contributed by atoms with Crippen molar-refractivity contribution in [2.75, 3.05) is 40.9 Å². The van der Waals surface area contributed by atoms with E-state index in [1.54, 1.807) is 0 Å². The Bertz CT molecular complexity index is 1140.